The van der Waals surface area contributed by atoms with Gasteiger partial charge in [-0.25, -0.2) is 4.98 Å². The van der Waals surface area contributed by atoms with Crippen LogP contribution in [0.5, 0.6) is 0 Å². The van der Waals surface area contributed by atoms with Crippen molar-refractivity contribution in [2.45, 2.75) is 6.54 Å². The SMILES string of the molecule is O=C(c1ccc(NCc2ccco2)cn1)N1CCN(c2ccccc2)CC1. The maximum atomic E-state index is 12.7. The van der Waals surface area contributed by atoms with Gasteiger partial charge >= 0.3 is 0 Å². The molecule has 1 aliphatic heterocycles. The van der Waals surface area contributed by atoms with Crippen LogP contribution in [0, 0.1) is 0 Å². The van der Waals surface area contributed by atoms with E-state index in [-0.39, 0.29) is 5.91 Å². The molecule has 1 aliphatic rings. The van der Waals surface area contributed by atoms with Gasteiger partial charge in [0.2, 0.25) is 0 Å². The molecular weight excluding hydrogens is 340 g/mol. The number of hydrogen-bond donors (Lipinski definition) is 1. The standard InChI is InChI=1S/C21H22N4O2/c26-21(25-12-10-24(11-13-25)18-5-2-1-3-6-18)20-9-8-17(15-23-20)22-16-19-7-4-14-27-19/h1-9,14-15,22H,10-13,16H2. The molecule has 1 aromatic carbocycles. The highest BCUT2D eigenvalue weighted by Gasteiger charge is 2.23. The van der Waals surface area contributed by atoms with E-state index in [1.807, 2.05) is 41.3 Å². The first-order valence-electron chi connectivity index (χ1n) is 9.11. The summed E-state index contributed by atoms with van der Waals surface area (Å²) < 4.78 is 5.29. The Morgan fingerprint density at radius 1 is 1.00 bits per heavy atom. The fourth-order valence-corrected chi connectivity index (χ4v) is 3.20. The minimum atomic E-state index is -0.0136. The summed E-state index contributed by atoms with van der Waals surface area (Å²) in [6.45, 7) is 3.66. The molecule has 1 N–H and O–H groups in total. The van der Waals surface area contributed by atoms with Crippen LogP contribution in [0.2, 0.25) is 0 Å². The molecule has 0 bridgehead atoms. The number of amides is 1. The predicted molar refractivity (Wildman–Crippen MR) is 105 cm³/mol. The number of nitrogens with one attached hydrogen (secondary N) is 1. The van der Waals surface area contributed by atoms with Crippen molar-refractivity contribution in [3.05, 3.63) is 78.5 Å². The molecule has 0 aliphatic carbocycles. The van der Waals surface area contributed by atoms with Crippen molar-refractivity contribution in [2.75, 3.05) is 36.4 Å². The number of nitrogens with zero attached hydrogens (tertiary/aromatic N) is 3. The first kappa shape index (κ1) is 17.1. The summed E-state index contributed by atoms with van der Waals surface area (Å²) in [7, 11) is 0. The third kappa shape index (κ3) is 4.11. The Bertz CT molecular complexity index is 855. The van der Waals surface area contributed by atoms with Crippen molar-refractivity contribution in [1.82, 2.24) is 9.88 Å². The van der Waals surface area contributed by atoms with Gasteiger partial charge < -0.3 is 19.5 Å². The second-order valence-corrected chi connectivity index (χ2v) is 6.48. The van der Waals surface area contributed by atoms with Crippen LogP contribution in [0.3, 0.4) is 0 Å². The Morgan fingerprint density at radius 3 is 2.48 bits per heavy atom. The van der Waals surface area contributed by atoms with Crippen LogP contribution in [0.25, 0.3) is 0 Å². The molecule has 0 radical (unpaired) electrons. The quantitative estimate of drug-likeness (QED) is 0.755. The number of piperazine rings is 1. The molecule has 0 saturated carbocycles. The highest BCUT2D eigenvalue weighted by atomic mass is 16.3. The maximum absolute atomic E-state index is 12.7. The zero-order valence-electron chi connectivity index (χ0n) is 15.0. The molecule has 1 fully saturated rings. The van der Waals surface area contributed by atoms with Gasteiger partial charge in [0, 0.05) is 31.9 Å². The number of pyridine rings is 1. The van der Waals surface area contributed by atoms with E-state index in [1.54, 1.807) is 18.5 Å². The van der Waals surface area contributed by atoms with Gasteiger partial charge in [0.15, 0.2) is 0 Å². The summed E-state index contributed by atoms with van der Waals surface area (Å²) in [5.74, 6) is 0.840. The molecule has 0 spiro atoms. The monoisotopic (exact) mass is 362 g/mol. The van der Waals surface area contributed by atoms with E-state index in [4.69, 9.17) is 4.42 Å². The van der Waals surface area contributed by atoms with Gasteiger partial charge in [-0.2, -0.15) is 0 Å². The summed E-state index contributed by atoms with van der Waals surface area (Å²) >= 11 is 0. The van der Waals surface area contributed by atoms with E-state index in [0.29, 0.717) is 25.3 Å². The van der Waals surface area contributed by atoms with Gasteiger partial charge in [-0.05, 0) is 36.4 Å². The molecule has 3 heterocycles. The van der Waals surface area contributed by atoms with Crippen molar-refractivity contribution < 1.29 is 9.21 Å². The summed E-state index contributed by atoms with van der Waals surface area (Å²) in [6, 6.07) is 17.7. The number of rotatable bonds is 5. The van der Waals surface area contributed by atoms with Gasteiger partial charge in [0.05, 0.1) is 24.7 Å². The van der Waals surface area contributed by atoms with Crippen molar-refractivity contribution in [2.24, 2.45) is 0 Å². The fourth-order valence-electron chi connectivity index (χ4n) is 3.20. The van der Waals surface area contributed by atoms with Gasteiger partial charge in [0.1, 0.15) is 11.5 Å². The molecule has 4 rings (SSSR count). The van der Waals surface area contributed by atoms with Crippen LogP contribution in [0.15, 0.2) is 71.5 Å². The van der Waals surface area contributed by atoms with Crippen LogP contribution >= 0.6 is 0 Å². The van der Waals surface area contributed by atoms with Crippen molar-refractivity contribution in [3.8, 4) is 0 Å². The van der Waals surface area contributed by atoms with E-state index in [9.17, 15) is 4.79 Å². The van der Waals surface area contributed by atoms with Crippen LogP contribution in [-0.4, -0.2) is 42.0 Å². The fraction of sp³-hybridized carbons (Fsp3) is 0.238. The third-order valence-electron chi connectivity index (χ3n) is 4.72. The van der Waals surface area contributed by atoms with E-state index < -0.39 is 0 Å². The lowest BCUT2D eigenvalue weighted by Gasteiger charge is -2.36. The minimum absolute atomic E-state index is 0.0136. The molecule has 138 valence electrons. The second-order valence-electron chi connectivity index (χ2n) is 6.48. The smallest absolute Gasteiger partial charge is 0.272 e. The highest BCUT2D eigenvalue weighted by Crippen LogP contribution is 2.17. The molecule has 0 atom stereocenters. The average Bonchev–Trinajstić information content (AvgIpc) is 3.27. The lowest BCUT2D eigenvalue weighted by Crippen LogP contribution is -2.49. The molecule has 1 saturated heterocycles. The van der Waals surface area contributed by atoms with Crippen molar-refractivity contribution in [3.63, 3.8) is 0 Å². The Kier molecular flexibility index (Phi) is 5.05. The summed E-state index contributed by atoms with van der Waals surface area (Å²) in [5, 5.41) is 3.23. The van der Waals surface area contributed by atoms with E-state index >= 15 is 0 Å². The topological polar surface area (TPSA) is 61.6 Å². The number of aromatic nitrogens is 1. The largest absolute Gasteiger partial charge is 0.467 e. The second kappa shape index (κ2) is 7.95. The molecule has 2 aromatic heterocycles. The number of furan rings is 1. The Morgan fingerprint density at radius 2 is 1.81 bits per heavy atom. The van der Waals surface area contributed by atoms with Gasteiger partial charge in [-0.1, -0.05) is 18.2 Å². The average molecular weight is 362 g/mol. The normalized spacial score (nSPS) is 14.2. The first-order chi connectivity index (χ1) is 13.3. The summed E-state index contributed by atoms with van der Waals surface area (Å²) in [6.07, 6.45) is 3.34. The van der Waals surface area contributed by atoms with Crippen LogP contribution < -0.4 is 10.2 Å². The number of anilines is 2. The number of carbonyl (C=O) groups excluding carboxylic acids is 1. The number of para-hydroxylation sites is 1. The van der Waals surface area contributed by atoms with Gasteiger partial charge in [-0.3, -0.25) is 4.79 Å². The Balaban J connectivity index is 1.32. The molecule has 1 amide bonds. The first-order valence-corrected chi connectivity index (χ1v) is 9.11. The van der Waals surface area contributed by atoms with Crippen molar-refractivity contribution in [1.29, 1.82) is 0 Å². The van der Waals surface area contributed by atoms with Gasteiger partial charge in [0.25, 0.3) is 5.91 Å². The third-order valence-corrected chi connectivity index (χ3v) is 4.72. The predicted octanol–water partition coefficient (Wildman–Crippen LogP) is 3.25. The molecule has 27 heavy (non-hydrogen) atoms. The zero-order chi connectivity index (χ0) is 18.5. The minimum Gasteiger partial charge on any atom is -0.467 e. The van der Waals surface area contributed by atoms with Crippen LogP contribution in [0.4, 0.5) is 11.4 Å². The molecule has 3 aromatic rings. The lowest BCUT2D eigenvalue weighted by atomic mass is 10.2. The van der Waals surface area contributed by atoms with E-state index in [0.717, 1.165) is 24.5 Å². The van der Waals surface area contributed by atoms with Crippen LogP contribution in [-0.2, 0) is 6.54 Å². The Hall–Kier alpha value is -3.28. The number of benzene rings is 1. The summed E-state index contributed by atoms with van der Waals surface area (Å²) in [4.78, 5) is 21.2. The van der Waals surface area contributed by atoms with Gasteiger partial charge in [-0.15, -0.1) is 0 Å². The molecule has 0 unspecified atom stereocenters. The maximum Gasteiger partial charge on any atom is 0.272 e. The Labute approximate surface area is 158 Å². The zero-order valence-corrected chi connectivity index (χ0v) is 15.0. The van der Waals surface area contributed by atoms with E-state index in [2.05, 4.69) is 27.3 Å². The van der Waals surface area contributed by atoms with Crippen molar-refractivity contribution >= 4 is 17.3 Å². The lowest BCUT2D eigenvalue weighted by molar-refractivity contribution is 0.0741. The number of carbonyl (C=O) groups is 1. The summed E-state index contributed by atoms with van der Waals surface area (Å²) in [5.41, 5.74) is 2.54. The van der Waals surface area contributed by atoms with Crippen LogP contribution in [0.1, 0.15) is 16.2 Å². The molecular formula is C21H22N4O2. The number of hydrogen-bond acceptors (Lipinski definition) is 5. The van der Waals surface area contributed by atoms with E-state index in [1.165, 1.54) is 5.69 Å². The molecule has 6 nitrogen and oxygen atoms in total. The highest BCUT2D eigenvalue weighted by molar-refractivity contribution is 5.92. The molecule has 6 heteroatoms.